The fraction of sp³-hybridized carbons (Fsp3) is 0.296. The second-order valence-electron chi connectivity index (χ2n) is 8.67. The standard InChI is InChI=1S/C27H24ClNO2S/c28-20-14-12-18(13-15-20)17-8-10-19(11-9-17)24-25(30)21-5-1-2-6-22(21)26(31)27(24)32-23-7-3-4-16-29-23/h1-7,12-17,19,24,27H,8-11H2/t17?,19?,24-,27+/m0/s1. The molecule has 3 nitrogen and oxygen atoms in total. The molecule has 0 spiro atoms. The lowest BCUT2D eigenvalue weighted by molar-refractivity contribution is 0.0753. The fourth-order valence-corrected chi connectivity index (χ4v) is 6.62. The molecule has 0 amide bonds. The SMILES string of the molecule is O=C1c2ccccc2C(=O)[C@H](Sc2ccccn2)[C@H]1C1CCC(c2ccc(Cl)cc2)CC1. The van der Waals surface area contributed by atoms with E-state index in [0.717, 1.165) is 35.7 Å². The van der Waals surface area contributed by atoms with E-state index in [1.165, 1.54) is 17.3 Å². The maximum Gasteiger partial charge on any atom is 0.177 e. The highest BCUT2D eigenvalue weighted by Gasteiger charge is 2.46. The van der Waals surface area contributed by atoms with Gasteiger partial charge in [-0.25, -0.2) is 4.98 Å². The van der Waals surface area contributed by atoms with Crippen LogP contribution < -0.4 is 0 Å². The summed E-state index contributed by atoms with van der Waals surface area (Å²) in [7, 11) is 0. The number of halogens is 1. The molecule has 2 aliphatic rings. The van der Waals surface area contributed by atoms with Crippen LogP contribution in [0, 0.1) is 11.8 Å². The van der Waals surface area contributed by atoms with Gasteiger partial charge < -0.3 is 0 Å². The first-order valence-electron chi connectivity index (χ1n) is 11.1. The molecule has 0 saturated heterocycles. The van der Waals surface area contributed by atoms with Crippen LogP contribution in [0.15, 0.2) is 78.0 Å². The molecular weight excluding hydrogens is 438 g/mol. The van der Waals surface area contributed by atoms with Crippen molar-refractivity contribution in [3.63, 3.8) is 0 Å². The van der Waals surface area contributed by atoms with Gasteiger partial charge in [-0.3, -0.25) is 9.59 Å². The van der Waals surface area contributed by atoms with E-state index < -0.39 is 5.25 Å². The van der Waals surface area contributed by atoms with E-state index in [-0.39, 0.29) is 23.4 Å². The van der Waals surface area contributed by atoms with E-state index in [9.17, 15) is 9.59 Å². The van der Waals surface area contributed by atoms with Crippen molar-refractivity contribution in [2.45, 2.75) is 41.9 Å². The molecule has 1 aromatic heterocycles. The lowest BCUT2D eigenvalue weighted by Gasteiger charge is -2.39. The van der Waals surface area contributed by atoms with Crippen LogP contribution in [0.3, 0.4) is 0 Å². The van der Waals surface area contributed by atoms with Crippen LogP contribution >= 0.6 is 23.4 Å². The highest BCUT2D eigenvalue weighted by Crippen LogP contribution is 2.46. The predicted octanol–water partition coefficient (Wildman–Crippen LogP) is 6.87. The van der Waals surface area contributed by atoms with Crippen molar-refractivity contribution >= 4 is 34.9 Å². The summed E-state index contributed by atoms with van der Waals surface area (Å²) in [5.74, 6) is 0.538. The van der Waals surface area contributed by atoms with Gasteiger partial charge in [-0.1, -0.05) is 65.8 Å². The molecule has 0 bridgehead atoms. The monoisotopic (exact) mass is 461 g/mol. The van der Waals surface area contributed by atoms with Gasteiger partial charge in [-0.15, -0.1) is 0 Å². The van der Waals surface area contributed by atoms with Gasteiger partial charge in [0.15, 0.2) is 11.6 Å². The Morgan fingerprint density at radius 3 is 2.09 bits per heavy atom. The second-order valence-corrected chi connectivity index (χ2v) is 10.3. The topological polar surface area (TPSA) is 47.0 Å². The number of hydrogen-bond donors (Lipinski definition) is 0. The number of hydrogen-bond acceptors (Lipinski definition) is 4. The molecule has 1 heterocycles. The van der Waals surface area contributed by atoms with E-state index in [2.05, 4.69) is 17.1 Å². The lowest BCUT2D eigenvalue weighted by Crippen LogP contribution is -2.43. The first-order valence-corrected chi connectivity index (χ1v) is 12.4. The Labute approximate surface area is 197 Å². The molecule has 2 aromatic carbocycles. The molecule has 1 saturated carbocycles. The average molecular weight is 462 g/mol. The van der Waals surface area contributed by atoms with E-state index in [4.69, 9.17) is 11.6 Å². The highest BCUT2D eigenvalue weighted by atomic mass is 35.5. The Hall–Kier alpha value is -2.43. The van der Waals surface area contributed by atoms with Crippen molar-refractivity contribution in [2.24, 2.45) is 11.8 Å². The van der Waals surface area contributed by atoms with Gasteiger partial charge in [-0.2, -0.15) is 0 Å². The Bertz CT molecular complexity index is 1120. The summed E-state index contributed by atoms with van der Waals surface area (Å²) in [6, 6.07) is 21.1. The summed E-state index contributed by atoms with van der Waals surface area (Å²) < 4.78 is 0. The Kier molecular flexibility index (Phi) is 6.16. The van der Waals surface area contributed by atoms with Gasteiger partial charge in [0.25, 0.3) is 0 Å². The first kappa shape index (κ1) is 21.4. The molecule has 0 aliphatic heterocycles. The Morgan fingerprint density at radius 1 is 0.781 bits per heavy atom. The molecule has 2 atom stereocenters. The van der Waals surface area contributed by atoms with Crippen molar-refractivity contribution < 1.29 is 9.59 Å². The summed E-state index contributed by atoms with van der Waals surface area (Å²) >= 11 is 7.50. The third kappa shape index (κ3) is 4.14. The third-order valence-corrected chi connectivity index (χ3v) is 8.35. The molecule has 0 N–H and O–H groups in total. The number of nitrogens with zero attached hydrogens (tertiary/aromatic N) is 1. The largest absolute Gasteiger partial charge is 0.294 e. The summed E-state index contributed by atoms with van der Waals surface area (Å²) in [6.07, 6.45) is 5.66. The normalized spacial score (nSPS) is 25.4. The van der Waals surface area contributed by atoms with Gasteiger partial charge in [0.1, 0.15) is 0 Å². The maximum atomic E-state index is 13.7. The minimum absolute atomic E-state index is 0.0562. The van der Waals surface area contributed by atoms with E-state index in [1.807, 2.05) is 48.5 Å². The number of ketones is 2. The van der Waals surface area contributed by atoms with Crippen LogP contribution in [-0.2, 0) is 0 Å². The molecule has 32 heavy (non-hydrogen) atoms. The average Bonchev–Trinajstić information content (AvgIpc) is 2.84. The first-order chi connectivity index (χ1) is 15.6. The zero-order valence-electron chi connectivity index (χ0n) is 17.6. The number of thioether (sulfide) groups is 1. The predicted molar refractivity (Wildman–Crippen MR) is 129 cm³/mol. The summed E-state index contributed by atoms with van der Waals surface area (Å²) in [5, 5.41) is 1.11. The number of rotatable bonds is 4. The van der Waals surface area contributed by atoms with Crippen molar-refractivity contribution in [1.82, 2.24) is 4.98 Å². The summed E-state index contributed by atoms with van der Waals surface area (Å²) in [5.41, 5.74) is 2.45. The van der Waals surface area contributed by atoms with Crippen LogP contribution in [0.4, 0.5) is 0 Å². The van der Waals surface area contributed by atoms with Crippen LogP contribution in [0.2, 0.25) is 5.02 Å². The highest BCUT2D eigenvalue weighted by molar-refractivity contribution is 8.00. The van der Waals surface area contributed by atoms with Crippen LogP contribution in [0.5, 0.6) is 0 Å². The summed E-state index contributed by atoms with van der Waals surface area (Å²) in [6.45, 7) is 0. The molecule has 1 fully saturated rings. The van der Waals surface area contributed by atoms with Gasteiger partial charge in [0.2, 0.25) is 0 Å². The summed E-state index contributed by atoms with van der Waals surface area (Å²) in [4.78, 5) is 31.6. The lowest BCUT2D eigenvalue weighted by atomic mass is 9.68. The van der Waals surface area contributed by atoms with E-state index >= 15 is 0 Å². The number of benzene rings is 2. The minimum Gasteiger partial charge on any atom is -0.294 e. The van der Waals surface area contributed by atoms with E-state index in [1.54, 1.807) is 12.3 Å². The number of aromatic nitrogens is 1. The smallest absolute Gasteiger partial charge is 0.177 e. The Balaban J connectivity index is 1.42. The molecule has 162 valence electrons. The number of carbonyl (C=O) groups is 2. The van der Waals surface area contributed by atoms with Gasteiger partial charge >= 0.3 is 0 Å². The van der Waals surface area contributed by atoms with E-state index in [0.29, 0.717) is 17.0 Å². The quantitative estimate of drug-likeness (QED) is 0.425. The zero-order valence-corrected chi connectivity index (χ0v) is 19.2. The number of fused-ring (bicyclic) bond motifs is 1. The van der Waals surface area contributed by atoms with Crippen molar-refractivity contribution in [3.05, 3.63) is 94.6 Å². The number of carbonyl (C=O) groups excluding carboxylic acids is 2. The van der Waals surface area contributed by atoms with Gasteiger partial charge in [0, 0.05) is 28.3 Å². The molecule has 0 radical (unpaired) electrons. The molecule has 5 heteroatoms. The van der Waals surface area contributed by atoms with Crippen LogP contribution in [-0.4, -0.2) is 21.8 Å². The molecular formula is C27H24ClNO2S. The van der Waals surface area contributed by atoms with Gasteiger partial charge in [-0.05, 0) is 67.3 Å². The van der Waals surface area contributed by atoms with Crippen LogP contribution in [0.25, 0.3) is 0 Å². The van der Waals surface area contributed by atoms with Crippen molar-refractivity contribution in [3.8, 4) is 0 Å². The second kappa shape index (κ2) is 9.21. The minimum atomic E-state index is -0.426. The molecule has 0 unspecified atom stereocenters. The Morgan fingerprint density at radius 2 is 1.44 bits per heavy atom. The number of pyridine rings is 1. The fourth-order valence-electron chi connectivity index (χ4n) is 5.23. The maximum absolute atomic E-state index is 13.7. The molecule has 2 aliphatic carbocycles. The zero-order chi connectivity index (χ0) is 22.1. The van der Waals surface area contributed by atoms with Crippen molar-refractivity contribution in [2.75, 3.05) is 0 Å². The van der Waals surface area contributed by atoms with Crippen LogP contribution in [0.1, 0.15) is 57.9 Å². The van der Waals surface area contributed by atoms with Crippen molar-refractivity contribution in [1.29, 1.82) is 0 Å². The molecule has 5 rings (SSSR count). The van der Waals surface area contributed by atoms with Gasteiger partial charge in [0.05, 0.1) is 10.3 Å². The molecule has 3 aromatic rings. The number of Topliss-reactive ketones (excluding diaryl/α,β-unsaturated/α-hetero) is 2. The third-order valence-electron chi connectivity index (χ3n) is 6.85.